The zero-order valence-electron chi connectivity index (χ0n) is 11.8. The lowest BCUT2D eigenvalue weighted by Gasteiger charge is -2.36. The molecule has 1 fully saturated rings. The highest BCUT2D eigenvalue weighted by molar-refractivity contribution is 5.48. The summed E-state index contributed by atoms with van der Waals surface area (Å²) in [6.07, 6.45) is 4.26. The Bertz CT molecular complexity index is 400. The summed E-state index contributed by atoms with van der Waals surface area (Å²) < 4.78 is 11.6. The Hall–Kier alpha value is -1.16. The third-order valence-electron chi connectivity index (χ3n) is 3.04. The molecule has 0 amide bonds. The van der Waals surface area contributed by atoms with Crippen LogP contribution in [0.25, 0.3) is 6.08 Å². The smallest absolute Gasteiger partial charge is 0.0940 e. The first-order valence-electron chi connectivity index (χ1n) is 6.84. The zero-order valence-corrected chi connectivity index (χ0v) is 11.8. The summed E-state index contributed by atoms with van der Waals surface area (Å²) in [6, 6.07) is 10.2. The molecule has 1 heterocycles. The second kappa shape index (κ2) is 6.85. The van der Waals surface area contributed by atoms with Crippen molar-refractivity contribution in [3.63, 3.8) is 0 Å². The summed E-state index contributed by atoms with van der Waals surface area (Å²) in [5.74, 6) is 0. The van der Waals surface area contributed by atoms with Gasteiger partial charge in [-0.25, -0.2) is 0 Å². The first-order valence-corrected chi connectivity index (χ1v) is 6.84. The fourth-order valence-corrected chi connectivity index (χ4v) is 2.18. The predicted molar refractivity (Wildman–Crippen MR) is 78.1 cm³/mol. The fraction of sp³-hybridized carbons (Fsp3) is 0.500. The summed E-state index contributed by atoms with van der Waals surface area (Å²) in [4.78, 5) is 0. The van der Waals surface area contributed by atoms with Crippen molar-refractivity contribution in [1.29, 1.82) is 0 Å². The lowest BCUT2D eigenvalue weighted by atomic mass is 10.1. The molecule has 1 saturated heterocycles. The van der Waals surface area contributed by atoms with Crippen molar-refractivity contribution in [2.45, 2.75) is 25.6 Å². The zero-order chi connectivity index (χ0) is 13.6. The van der Waals surface area contributed by atoms with Crippen LogP contribution in [0.4, 0.5) is 0 Å². The van der Waals surface area contributed by atoms with Crippen molar-refractivity contribution >= 4 is 6.08 Å². The van der Waals surface area contributed by atoms with Crippen molar-refractivity contribution < 1.29 is 9.47 Å². The Kier molecular flexibility index (Phi) is 5.14. The predicted octanol–water partition coefficient (Wildman–Crippen LogP) is 2.48. The van der Waals surface area contributed by atoms with Gasteiger partial charge in [0.2, 0.25) is 0 Å². The number of hydrogen-bond donors (Lipinski definition) is 1. The van der Waals surface area contributed by atoms with Gasteiger partial charge >= 0.3 is 0 Å². The summed E-state index contributed by atoms with van der Waals surface area (Å²) in [5.41, 5.74) is 1.11. The fourth-order valence-electron chi connectivity index (χ4n) is 2.18. The summed E-state index contributed by atoms with van der Waals surface area (Å²) >= 11 is 0. The van der Waals surface area contributed by atoms with Gasteiger partial charge in [0.05, 0.1) is 24.9 Å². The van der Waals surface area contributed by atoms with E-state index in [1.807, 2.05) is 24.3 Å². The number of ether oxygens (including phenoxy) is 2. The molecule has 1 aromatic carbocycles. The molecule has 3 nitrogen and oxygen atoms in total. The molecular weight excluding hydrogens is 238 g/mol. The van der Waals surface area contributed by atoms with Gasteiger partial charge in [0.15, 0.2) is 0 Å². The van der Waals surface area contributed by atoms with Crippen LogP contribution in [-0.2, 0) is 9.47 Å². The van der Waals surface area contributed by atoms with Gasteiger partial charge in [0.1, 0.15) is 0 Å². The minimum absolute atomic E-state index is 0.0911. The summed E-state index contributed by atoms with van der Waals surface area (Å²) in [5, 5.41) is 3.37. The third kappa shape index (κ3) is 5.15. The number of morpholine rings is 1. The average molecular weight is 261 g/mol. The van der Waals surface area contributed by atoms with Crippen LogP contribution >= 0.6 is 0 Å². The van der Waals surface area contributed by atoms with Crippen molar-refractivity contribution in [1.82, 2.24) is 5.32 Å². The van der Waals surface area contributed by atoms with Gasteiger partial charge in [-0.15, -0.1) is 0 Å². The first-order chi connectivity index (χ1) is 9.16. The Morgan fingerprint density at radius 1 is 1.37 bits per heavy atom. The van der Waals surface area contributed by atoms with E-state index in [1.165, 1.54) is 5.56 Å². The largest absolute Gasteiger partial charge is 0.375 e. The van der Waals surface area contributed by atoms with Crippen LogP contribution < -0.4 is 5.32 Å². The van der Waals surface area contributed by atoms with E-state index < -0.39 is 0 Å². The summed E-state index contributed by atoms with van der Waals surface area (Å²) in [6.45, 7) is 7.22. The lowest BCUT2D eigenvalue weighted by molar-refractivity contribution is -0.118. The molecule has 0 aliphatic carbocycles. The van der Waals surface area contributed by atoms with Gasteiger partial charge in [-0.1, -0.05) is 42.5 Å². The maximum atomic E-state index is 5.93. The molecule has 0 bridgehead atoms. The molecule has 0 radical (unpaired) electrons. The Morgan fingerprint density at radius 3 is 2.89 bits per heavy atom. The van der Waals surface area contributed by atoms with E-state index in [9.17, 15) is 0 Å². The molecule has 2 rings (SSSR count). The topological polar surface area (TPSA) is 30.5 Å². The molecule has 3 heteroatoms. The highest BCUT2D eigenvalue weighted by atomic mass is 16.5. The standard InChI is InChI=1S/C16H23NO2/c1-16(2)13-17-11-15(19-16)12-18-10-6-9-14-7-4-3-5-8-14/h3-9,15,17H,10-13H2,1-2H3/b9-6+. The first kappa shape index (κ1) is 14.3. The molecule has 1 aliphatic rings. The van der Waals surface area contributed by atoms with Gasteiger partial charge in [-0.2, -0.15) is 0 Å². The van der Waals surface area contributed by atoms with E-state index in [4.69, 9.17) is 9.47 Å². The third-order valence-corrected chi connectivity index (χ3v) is 3.04. The molecule has 1 N–H and O–H groups in total. The molecule has 1 unspecified atom stereocenters. The van der Waals surface area contributed by atoms with Crippen LogP contribution in [0, 0.1) is 0 Å². The molecule has 1 aliphatic heterocycles. The molecule has 1 atom stereocenters. The molecule has 0 aromatic heterocycles. The summed E-state index contributed by atoms with van der Waals surface area (Å²) in [7, 11) is 0. The highest BCUT2D eigenvalue weighted by Gasteiger charge is 2.27. The van der Waals surface area contributed by atoms with Crippen molar-refractivity contribution in [3.05, 3.63) is 42.0 Å². The lowest BCUT2D eigenvalue weighted by Crippen LogP contribution is -2.51. The normalized spacial score (nSPS) is 22.7. The van der Waals surface area contributed by atoms with Gasteiger partial charge in [-0.3, -0.25) is 0 Å². The monoisotopic (exact) mass is 261 g/mol. The molecule has 0 saturated carbocycles. The second-order valence-electron chi connectivity index (χ2n) is 5.48. The van der Waals surface area contributed by atoms with Crippen molar-refractivity contribution in [2.24, 2.45) is 0 Å². The molecule has 104 valence electrons. The van der Waals surface area contributed by atoms with Crippen molar-refractivity contribution in [3.8, 4) is 0 Å². The van der Waals surface area contributed by atoms with Gasteiger partial charge in [0, 0.05) is 13.1 Å². The molecule has 19 heavy (non-hydrogen) atoms. The van der Waals surface area contributed by atoms with Crippen LogP contribution in [0.15, 0.2) is 36.4 Å². The van der Waals surface area contributed by atoms with E-state index in [1.54, 1.807) is 0 Å². The Labute approximate surface area is 115 Å². The SMILES string of the molecule is CC1(C)CNCC(COC/C=C/c2ccccc2)O1. The molecule has 1 aromatic rings. The van der Waals surface area contributed by atoms with Gasteiger partial charge in [-0.05, 0) is 19.4 Å². The van der Waals surface area contributed by atoms with E-state index in [0.29, 0.717) is 13.2 Å². The van der Waals surface area contributed by atoms with Crippen LogP contribution in [0.1, 0.15) is 19.4 Å². The highest BCUT2D eigenvalue weighted by Crippen LogP contribution is 2.15. The second-order valence-corrected chi connectivity index (χ2v) is 5.48. The van der Waals surface area contributed by atoms with E-state index in [0.717, 1.165) is 13.1 Å². The number of hydrogen-bond acceptors (Lipinski definition) is 3. The van der Waals surface area contributed by atoms with E-state index >= 15 is 0 Å². The Morgan fingerprint density at radius 2 is 2.16 bits per heavy atom. The van der Waals surface area contributed by atoms with E-state index in [-0.39, 0.29) is 11.7 Å². The van der Waals surface area contributed by atoms with Crippen molar-refractivity contribution in [2.75, 3.05) is 26.3 Å². The Balaban J connectivity index is 1.65. The molecule has 0 spiro atoms. The van der Waals surface area contributed by atoms with Crippen LogP contribution in [0.3, 0.4) is 0 Å². The van der Waals surface area contributed by atoms with Crippen LogP contribution in [0.5, 0.6) is 0 Å². The van der Waals surface area contributed by atoms with Crippen LogP contribution in [-0.4, -0.2) is 38.0 Å². The molecular formula is C16H23NO2. The quantitative estimate of drug-likeness (QED) is 0.826. The van der Waals surface area contributed by atoms with Gasteiger partial charge < -0.3 is 14.8 Å². The number of rotatable bonds is 5. The number of benzene rings is 1. The minimum Gasteiger partial charge on any atom is -0.375 e. The van der Waals surface area contributed by atoms with E-state index in [2.05, 4.69) is 37.4 Å². The van der Waals surface area contributed by atoms with Crippen LogP contribution in [0.2, 0.25) is 0 Å². The van der Waals surface area contributed by atoms with Gasteiger partial charge in [0.25, 0.3) is 0 Å². The average Bonchev–Trinajstić information content (AvgIpc) is 2.38. The maximum Gasteiger partial charge on any atom is 0.0940 e. The maximum absolute atomic E-state index is 5.93. The number of nitrogens with one attached hydrogen (secondary N) is 1. The minimum atomic E-state index is -0.0911.